The van der Waals surface area contributed by atoms with Crippen LogP contribution in [0.1, 0.15) is 30.9 Å². The van der Waals surface area contributed by atoms with E-state index in [1.54, 1.807) is 12.3 Å². The van der Waals surface area contributed by atoms with Gasteiger partial charge >= 0.3 is 5.97 Å². The monoisotopic (exact) mass is 269 g/mol. The minimum absolute atomic E-state index is 0.439. The molecule has 1 saturated carbocycles. The molecule has 0 bridgehead atoms. The number of nitrogens with zero attached hydrogens (tertiary/aromatic N) is 1. The molecule has 1 aromatic heterocycles. The van der Waals surface area contributed by atoms with Crippen molar-refractivity contribution in [3.05, 3.63) is 28.5 Å². The molecule has 1 heterocycles. The molecule has 0 spiro atoms. The highest BCUT2D eigenvalue weighted by Crippen LogP contribution is 2.38. The molecule has 1 N–H and O–H groups in total. The van der Waals surface area contributed by atoms with Gasteiger partial charge in [-0.15, -0.1) is 0 Å². The van der Waals surface area contributed by atoms with Crippen LogP contribution in [0.15, 0.2) is 22.8 Å². The van der Waals surface area contributed by atoms with E-state index in [4.69, 9.17) is 5.11 Å². The van der Waals surface area contributed by atoms with E-state index in [-0.39, 0.29) is 0 Å². The minimum atomic E-state index is -0.767. The summed E-state index contributed by atoms with van der Waals surface area (Å²) in [5, 5.41) is 9.12. The number of carboxylic acids is 1. The Bertz CT molecular complexity index is 359. The first-order valence-corrected chi connectivity index (χ1v) is 5.80. The van der Waals surface area contributed by atoms with Crippen LogP contribution in [0, 0.1) is 5.92 Å². The topological polar surface area (TPSA) is 50.2 Å². The van der Waals surface area contributed by atoms with Gasteiger partial charge in [-0.05, 0) is 40.4 Å². The molecule has 0 saturated heterocycles. The molecule has 2 rings (SSSR count). The number of carbonyl (C=O) groups is 1. The van der Waals surface area contributed by atoms with Gasteiger partial charge in [0.25, 0.3) is 0 Å². The third-order valence-electron chi connectivity index (χ3n) is 2.67. The Balaban J connectivity index is 2.15. The van der Waals surface area contributed by atoms with E-state index >= 15 is 0 Å². The highest BCUT2D eigenvalue weighted by molar-refractivity contribution is 9.10. The number of carboxylic acid groups (broad SMARTS) is 1. The van der Waals surface area contributed by atoms with Crippen LogP contribution in [0.25, 0.3) is 0 Å². The van der Waals surface area contributed by atoms with E-state index in [1.165, 1.54) is 12.8 Å². The lowest BCUT2D eigenvalue weighted by Crippen LogP contribution is -2.13. The van der Waals surface area contributed by atoms with Crippen LogP contribution in [-0.2, 0) is 4.79 Å². The van der Waals surface area contributed by atoms with Crippen molar-refractivity contribution in [1.29, 1.82) is 0 Å². The van der Waals surface area contributed by atoms with E-state index in [1.807, 2.05) is 6.07 Å². The molecular weight excluding hydrogens is 258 g/mol. The van der Waals surface area contributed by atoms with E-state index in [9.17, 15) is 4.79 Å². The van der Waals surface area contributed by atoms with Crippen molar-refractivity contribution in [2.45, 2.75) is 25.2 Å². The summed E-state index contributed by atoms with van der Waals surface area (Å²) in [7, 11) is 0. The smallest absolute Gasteiger partial charge is 0.312 e. The van der Waals surface area contributed by atoms with Crippen molar-refractivity contribution in [1.82, 2.24) is 4.98 Å². The van der Waals surface area contributed by atoms with Crippen molar-refractivity contribution in [2.24, 2.45) is 5.92 Å². The maximum Gasteiger partial charge on any atom is 0.312 e. The van der Waals surface area contributed by atoms with Crippen LogP contribution in [-0.4, -0.2) is 16.1 Å². The molecule has 4 heteroatoms. The number of aromatic nitrogens is 1. The third kappa shape index (κ3) is 2.78. The van der Waals surface area contributed by atoms with Gasteiger partial charge in [-0.1, -0.05) is 12.8 Å². The van der Waals surface area contributed by atoms with Gasteiger partial charge < -0.3 is 5.11 Å². The summed E-state index contributed by atoms with van der Waals surface area (Å²) < 4.78 is 0.877. The normalized spacial score (nSPS) is 17.4. The van der Waals surface area contributed by atoms with Crippen molar-refractivity contribution in [2.75, 3.05) is 0 Å². The summed E-state index contributed by atoms with van der Waals surface area (Å²) in [4.78, 5) is 15.2. The molecule has 1 unspecified atom stereocenters. The maximum atomic E-state index is 11.1. The molecule has 0 radical (unpaired) electrons. The molecule has 3 nitrogen and oxygen atoms in total. The molecule has 1 aromatic rings. The van der Waals surface area contributed by atoms with Crippen molar-refractivity contribution < 1.29 is 9.90 Å². The number of hydrogen-bond acceptors (Lipinski definition) is 2. The number of aliphatic carboxylic acids is 1. The summed E-state index contributed by atoms with van der Waals surface area (Å²) in [6, 6.07) is 3.62. The second-order valence-electron chi connectivity index (χ2n) is 3.97. The van der Waals surface area contributed by atoms with Gasteiger partial charge in [0, 0.05) is 10.7 Å². The molecule has 80 valence electrons. The molecule has 0 amide bonds. The van der Waals surface area contributed by atoms with E-state index < -0.39 is 11.9 Å². The van der Waals surface area contributed by atoms with Crippen LogP contribution in [0.3, 0.4) is 0 Å². The highest BCUT2D eigenvalue weighted by Gasteiger charge is 2.30. The van der Waals surface area contributed by atoms with Gasteiger partial charge in [0.15, 0.2) is 0 Å². The average molecular weight is 270 g/mol. The zero-order valence-corrected chi connectivity index (χ0v) is 9.77. The molecule has 1 aliphatic carbocycles. The Labute approximate surface area is 96.7 Å². The van der Waals surface area contributed by atoms with Crippen LogP contribution in [0.5, 0.6) is 0 Å². The SMILES string of the molecule is O=C(O)C(CC1CC1)c1ccc(Br)cn1. The quantitative estimate of drug-likeness (QED) is 0.915. The molecule has 1 fully saturated rings. The Morgan fingerprint density at radius 1 is 1.60 bits per heavy atom. The van der Waals surface area contributed by atoms with Crippen molar-refractivity contribution in [3.63, 3.8) is 0 Å². The fourth-order valence-electron chi connectivity index (χ4n) is 1.63. The highest BCUT2D eigenvalue weighted by atomic mass is 79.9. The zero-order chi connectivity index (χ0) is 10.8. The lowest BCUT2D eigenvalue weighted by atomic mass is 9.98. The molecular formula is C11H12BrNO2. The minimum Gasteiger partial charge on any atom is -0.481 e. The fourth-order valence-corrected chi connectivity index (χ4v) is 1.86. The molecule has 0 aliphatic heterocycles. The lowest BCUT2D eigenvalue weighted by molar-refractivity contribution is -0.139. The first kappa shape index (κ1) is 10.6. The fraction of sp³-hybridized carbons (Fsp3) is 0.455. The van der Waals surface area contributed by atoms with E-state index in [0.717, 1.165) is 10.9 Å². The van der Waals surface area contributed by atoms with Crippen LogP contribution < -0.4 is 0 Å². The predicted octanol–water partition coefficient (Wildman–Crippen LogP) is 2.81. The van der Waals surface area contributed by atoms with Crippen molar-refractivity contribution in [3.8, 4) is 0 Å². The first-order chi connectivity index (χ1) is 7.16. The summed E-state index contributed by atoms with van der Waals surface area (Å²) >= 11 is 3.28. The summed E-state index contributed by atoms with van der Waals surface area (Å²) in [6.07, 6.45) is 4.71. The number of hydrogen-bond donors (Lipinski definition) is 1. The predicted molar refractivity (Wildman–Crippen MR) is 59.7 cm³/mol. The molecule has 15 heavy (non-hydrogen) atoms. The second kappa shape index (κ2) is 4.31. The van der Waals surface area contributed by atoms with Gasteiger partial charge in [0.05, 0.1) is 11.6 Å². The van der Waals surface area contributed by atoms with Crippen molar-refractivity contribution >= 4 is 21.9 Å². The van der Waals surface area contributed by atoms with Crippen LogP contribution in [0.2, 0.25) is 0 Å². The van der Waals surface area contributed by atoms with Gasteiger partial charge in [-0.2, -0.15) is 0 Å². The third-order valence-corrected chi connectivity index (χ3v) is 3.14. The van der Waals surface area contributed by atoms with E-state index in [0.29, 0.717) is 11.6 Å². The Kier molecular flexibility index (Phi) is 3.05. The van der Waals surface area contributed by atoms with Gasteiger partial charge in [-0.25, -0.2) is 0 Å². The summed E-state index contributed by atoms with van der Waals surface area (Å²) in [5.74, 6) is -0.612. The lowest BCUT2D eigenvalue weighted by Gasteiger charge is -2.10. The van der Waals surface area contributed by atoms with Gasteiger partial charge in [0.1, 0.15) is 0 Å². The number of rotatable bonds is 4. The summed E-state index contributed by atoms with van der Waals surface area (Å²) in [5.41, 5.74) is 0.664. The standard InChI is InChI=1S/C11H12BrNO2/c12-8-3-4-10(13-6-8)9(11(14)15)5-7-1-2-7/h3-4,6-7,9H,1-2,5H2,(H,14,15). The average Bonchev–Trinajstić information content (AvgIpc) is 2.99. The largest absolute Gasteiger partial charge is 0.481 e. The Hall–Kier alpha value is -0.900. The zero-order valence-electron chi connectivity index (χ0n) is 8.19. The van der Waals surface area contributed by atoms with Gasteiger partial charge in [-0.3, -0.25) is 9.78 Å². The summed E-state index contributed by atoms with van der Waals surface area (Å²) in [6.45, 7) is 0. The molecule has 0 aromatic carbocycles. The van der Waals surface area contributed by atoms with Crippen LogP contribution in [0.4, 0.5) is 0 Å². The number of halogens is 1. The molecule has 1 atom stereocenters. The Morgan fingerprint density at radius 2 is 2.33 bits per heavy atom. The second-order valence-corrected chi connectivity index (χ2v) is 4.89. The van der Waals surface area contributed by atoms with Gasteiger partial charge in [0.2, 0.25) is 0 Å². The number of pyridine rings is 1. The van der Waals surface area contributed by atoms with E-state index in [2.05, 4.69) is 20.9 Å². The molecule has 1 aliphatic rings. The maximum absolute atomic E-state index is 11.1. The first-order valence-electron chi connectivity index (χ1n) is 5.01. The Morgan fingerprint density at radius 3 is 2.80 bits per heavy atom. The van der Waals surface area contributed by atoms with Crippen LogP contribution >= 0.6 is 15.9 Å².